The summed E-state index contributed by atoms with van der Waals surface area (Å²) in [5.74, 6) is -0.562. The summed E-state index contributed by atoms with van der Waals surface area (Å²) in [6.45, 7) is 4.00. The summed E-state index contributed by atoms with van der Waals surface area (Å²) in [7, 11) is 0. The number of rotatable bonds is 7. The second-order valence-electron chi connectivity index (χ2n) is 5.77. The van der Waals surface area contributed by atoms with Crippen molar-refractivity contribution >= 4 is 24.2 Å². The molecular weight excluding hydrogens is 344 g/mol. The smallest absolute Gasteiger partial charge is 0.239 e. The van der Waals surface area contributed by atoms with Gasteiger partial charge in [-0.2, -0.15) is 5.10 Å². The largest absolute Gasteiger partial charge is 0.350 e. The number of hydrogen-bond acceptors (Lipinski definition) is 5. The van der Waals surface area contributed by atoms with E-state index in [1.807, 2.05) is 38.1 Å². The first-order valence-corrected chi connectivity index (χ1v) is 7.71. The first-order valence-electron chi connectivity index (χ1n) is 7.71. The van der Waals surface area contributed by atoms with E-state index in [2.05, 4.69) is 20.7 Å². The number of carbonyl (C=O) groups is 2. The molecule has 0 bridgehead atoms. The number of carbonyl (C=O) groups excluding carboxylic acids is 2. The summed E-state index contributed by atoms with van der Waals surface area (Å²) in [4.78, 5) is 27.4. The zero-order valence-electron chi connectivity index (χ0n) is 14.2. The van der Waals surface area contributed by atoms with Crippen molar-refractivity contribution in [2.24, 2.45) is 11.7 Å². The predicted molar refractivity (Wildman–Crippen MR) is 96.3 cm³/mol. The van der Waals surface area contributed by atoms with Gasteiger partial charge in [-0.25, -0.2) is 9.67 Å². The summed E-state index contributed by atoms with van der Waals surface area (Å²) in [5.41, 5.74) is 7.54. The van der Waals surface area contributed by atoms with Crippen LogP contribution in [0.2, 0.25) is 0 Å². The molecule has 136 valence electrons. The number of amides is 2. The number of aromatic nitrogens is 3. The van der Waals surface area contributed by atoms with Gasteiger partial charge < -0.3 is 16.4 Å². The molecule has 2 aromatic rings. The minimum absolute atomic E-state index is 0. The third-order valence-electron chi connectivity index (χ3n) is 3.55. The van der Waals surface area contributed by atoms with Gasteiger partial charge in [-0.15, -0.1) is 12.4 Å². The molecule has 0 aliphatic carbocycles. The van der Waals surface area contributed by atoms with E-state index in [-0.39, 0.29) is 36.7 Å². The molecular formula is C16H23ClN6O2. The molecule has 0 fully saturated rings. The maximum Gasteiger partial charge on any atom is 0.239 e. The molecule has 0 radical (unpaired) electrons. The van der Waals surface area contributed by atoms with Crippen molar-refractivity contribution in [1.82, 2.24) is 25.4 Å². The Balaban J connectivity index is 0.00000312. The summed E-state index contributed by atoms with van der Waals surface area (Å²) >= 11 is 0. The number of nitrogens with one attached hydrogen (secondary N) is 2. The average molecular weight is 367 g/mol. The van der Waals surface area contributed by atoms with Gasteiger partial charge in [-0.3, -0.25) is 9.59 Å². The minimum Gasteiger partial charge on any atom is -0.350 e. The third-order valence-corrected chi connectivity index (χ3v) is 3.55. The second kappa shape index (κ2) is 9.75. The van der Waals surface area contributed by atoms with Gasteiger partial charge in [-0.05, 0) is 23.6 Å². The Morgan fingerprint density at radius 3 is 2.44 bits per heavy atom. The average Bonchev–Trinajstić information content (AvgIpc) is 3.12. The van der Waals surface area contributed by atoms with Gasteiger partial charge in [0.2, 0.25) is 11.8 Å². The summed E-state index contributed by atoms with van der Waals surface area (Å²) in [6, 6.07) is 6.95. The molecule has 1 aromatic carbocycles. The number of halogens is 1. The number of hydrogen-bond donors (Lipinski definition) is 3. The third kappa shape index (κ3) is 6.17. The Kier molecular flexibility index (Phi) is 8.03. The van der Waals surface area contributed by atoms with Gasteiger partial charge in [0.15, 0.2) is 0 Å². The second-order valence-corrected chi connectivity index (χ2v) is 5.77. The van der Waals surface area contributed by atoms with Gasteiger partial charge in [-0.1, -0.05) is 26.0 Å². The van der Waals surface area contributed by atoms with Crippen LogP contribution in [0.1, 0.15) is 19.4 Å². The molecule has 0 saturated carbocycles. The lowest BCUT2D eigenvalue weighted by Crippen LogP contribution is -2.47. The van der Waals surface area contributed by atoms with Crippen molar-refractivity contribution < 1.29 is 9.59 Å². The first-order chi connectivity index (χ1) is 11.5. The number of benzene rings is 1. The Bertz CT molecular complexity index is 672. The van der Waals surface area contributed by atoms with E-state index in [1.54, 1.807) is 11.0 Å². The van der Waals surface area contributed by atoms with E-state index in [9.17, 15) is 9.59 Å². The van der Waals surface area contributed by atoms with Crippen LogP contribution in [-0.4, -0.2) is 39.2 Å². The molecule has 25 heavy (non-hydrogen) atoms. The van der Waals surface area contributed by atoms with E-state index in [1.165, 1.54) is 6.33 Å². The number of nitrogens with two attached hydrogens (primary N) is 1. The first kappa shape index (κ1) is 20.6. The van der Waals surface area contributed by atoms with E-state index >= 15 is 0 Å². The van der Waals surface area contributed by atoms with Crippen LogP contribution in [0.5, 0.6) is 0 Å². The van der Waals surface area contributed by atoms with Crippen LogP contribution in [0.3, 0.4) is 0 Å². The monoisotopic (exact) mass is 366 g/mol. The maximum absolute atomic E-state index is 11.8. The quantitative estimate of drug-likeness (QED) is 0.656. The molecule has 9 heteroatoms. The van der Waals surface area contributed by atoms with Crippen molar-refractivity contribution in [3.8, 4) is 5.69 Å². The molecule has 1 atom stereocenters. The highest BCUT2D eigenvalue weighted by atomic mass is 35.5. The van der Waals surface area contributed by atoms with Gasteiger partial charge in [0.25, 0.3) is 0 Å². The predicted octanol–water partition coefficient (Wildman–Crippen LogP) is 0.405. The molecule has 4 N–H and O–H groups in total. The number of nitrogens with zero attached hydrogens (tertiary/aromatic N) is 3. The minimum atomic E-state index is -0.609. The lowest BCUT2D eigenvalue weighted by Gasteiger charge is -2.15. The Labute approximate surface area is 152 Å². The molecule has 8 nitrogen and oxygen atoms in total. The molecule has 0 unspecified atom stereocenters. The maximum atomic E-state index is 11.8. The van der Waals surface area contributed by atoms with Crippen LogP contribution in [0.4, 0.5) is 0 Å². The molecule has 2 amide bonds. The normalized spacial score (nSPS) is 11.5. The van der Waals surface area contributed by atoms with E-state index in [4.69, 9.17) is 5.73 Å². The van der Waals surface area contributed by atoms with Gasteiger partial charge in [0.05, 0.1) is 18.3 Å². The van der Waals surface area contributed by atoms with E-state index in [0.29, 0.717) is 6.54 Å². The van der Waals surface area contributed by atoms with Crippen molar-refractivity contribution in [3.63, 3.8) is 0 Å². The van der Waals surface area contributed by atoms with Crippen LogP contribution in [0.25, 0.3) is 5.69 Å². The molecule has 1 aromatic heterocycles. The molecule has 2 rings (SSSR count). The fourth-order valence-electron chi connectivity index (χ4n) is 1.96. The van der Waals surface area contributed by atoms with Crippen LogP contribution < -0.4 is 16.4 Å². The van der Waals surface area contributed by atoms with Crippen molar-refractivity contribution in [2.45, 2.75) is 26.4 Å². The molecule has 0 spiro atoms. The summed E-state index contributed by atoms with van der Waals surface area (Å²) in [5, 5.41) is 9.32. The lowest BCUT2D eigenvalue weighted by molar-refractivity contribution is -0.127. The Morgan fingerprint density at radius 1 is 1.20 bits per heavy atom. The lowest BCUT2D eigenvalue weighted by atomic mass is 10.1. The van der Waals surface area contributed by atoms with Crippen LogP contribution in [0, 0.1) is 5.92 Å². The van der Waals surface area contributed by atoms with Gasteiger partial charge in [0, 0.05) is 6.54 Å². The van der Waals surface area contributed by atoms with Crippen molar-refractivity contribution in [1.29, 1.82) is 0 Å². The van der Waals surface area contributed by atoms with Crippen molar-refractivity contribution in [2.75, 3.05) is 6.54 Å². The standard InChI is InChI=1S/C16H22N6O2.ClH/c1-11(2)15(17)16(24)20-8-14(23)19-7-12-3-5-13(6-4-12)22-10-18-9-21-22;/h3-6,9-11,15H,7-8,17H2,1-2H3,(H,19,23)(H,20,24);1H/t15-;/m0./s1. The summed E-state index contributed by atoms with van der Waals surface area (Å²) < 4.78 is 1.65. The fourth-order valence-corrected chi connectivity index (χ4v) is 1.96. The van der Waals surface area contributed by atoms with Gasteiger partial charge in [0.1, 0.15) is 12.7 Å². The SMILES string of the molecule is CC(C)[C@H](N)C(=O)NCC(=O)NCc1ccc(-n2cncn2)cc1.Cl. The summed E-state index contributed by atoms with van der Waals surface area (Å²) in [6.07, 6.45) is 3.08. The molecule has 0 aliphatic rings. The Morgan fingerprint density at radius 2 is 1.88 bits per heavy atom. The molecule has 0 saturated heterocycles. The Hall–Kier alpha value is -2.45. The van der Waals surface area contributed by atoms with Crippen LogP contribution in [-0.2, 0) is 16.1 Å². The van der Waals surface area contributed by atoms with Crippen LogP contribution >= 0.6 is 12.4 Å². The fraction of sp³-hybridized carbons (Fsp3) is 0.375. The van der Waals surface area contributed by atoms with E-state index < -0.39 is 6.04 Å². The highest BCUT2D eigenvalue weighted by Gasteiger charge is 2.17. The van der Waals surface area contributed by atoms with E-state index in [0.717, 1.165) is 11.3 Å². The zero-order valence-corrected chi connectivity index (χ0v) is 15.0. The van der Waals surface area contributed by atoms with Crippen molar-refractivity contribution in [3.05, 3.63) is 42.5 Å². The molecule has 0 aliphatic heterocycles. The zero-order chi connectivity index (χ0) is 17.5. The highest BCUT2D eigenvalue weighted by molar-refractivity contribution is 5.87. The van der Waals surface area contributed by atoms with Gasteiger partial charge >= 0.3 is 0 Å². The molecule has 1 heterocycles. The van der Waals surface area contributed by atoms with Crippen LogP contribution in [0.15, 0.2) is 36.9 Å². The highest BCUT2D eigenvalue weighted by Crippen LogP contribution is 2.07. The topological polar surface area (TPSA) is 115 Å².